The molecule has 1 amide bonds. The fourth-order valence-corrected chi connectivity index (χ4v) is 3.35. The SMILES string of the molecule is [2H]CC(=O)N[C@H]1C(O)O[C@H](C(O)Cl)[C@@H](O)[C@@]1(O)c1cc2ccccc2[nH]1. The van der Waals surface area contributed by atoms with E-state index in [4.69, 9.17) is 17.7 Å². The summed E-state index contributed by atoms with van der Waals surface area (Å²) in [6, 6.07) is 7.11. The number of aromatic amines is 1. The molecule has 1 saturated heterocycles. The lowest BCUT2D eigenvalue weighted by molar-refractivity contribution is -0.296. The number of nitrogens with one attached hydrogen (secondary N) is 2. The number of carbonyl (C=O) groups is 1. The predicted octanol–water partition coefficient (Wildman–Crippen LogP) is -0.505. The van der Waals surface area contributed by atoms with Crippen molar-refractivity contribution in [3.05, 3.63) is 36.0 Å². The molecule has 25 heavy (non-hydrogen) atoms. The maximum Gasteiger partial charge on any atom is 0.217 e. The van der Waals surface area contributed by atoms with E-state index in [0.29, 0.717) is 5.52 Å². The summed E-state index contributed by atoms with van der Waals surface area (Å²) >= 11 is 5.61. The normalized spacial score (nSPS) is 34.5. The molecule has 2 unspecified atom stereocenters. The molecule has 1 aromatic heterocycles. The van der Waals surface area contributed by atoms with Gasteiger partial charge in [-0.25, -0.2) is 0 Å². The van der Waals surface area contributed by atoms with Gasteiger partial charge in [-0.05, 0) is 17.5 Å². The van der Waals surface area contributed by atoms with Crippen molar-refractivity contribution in [2.75, 3.05) is 0 Å². The van der Waals surface area contributed by atoms with Crippen molar-refractivity contribution in [1.29, 1.82) is 0 Å². The second kappa shape index (κ2) is 6.56. The molecule has 0 radical (unpaired) electrons. The van der Waals surface area contributed by atoms with Crippen molar-refractivity contribution < 1.29 is 31.3 Å². The van der Waals surface area contributed by atoms with Gasteiger partial charge in [0.25, 0.3) is 0 Å². The first-order chi connectivity index (χ1) is 12.3. The van der Waals surface area contributed by atoms with Crippen LogP contribution in [0.3, 0.4) is 0 Å². The van der Waals surface area contributed by atoms with Crippen molar-refractivity contribution in [3.63, 3.8) is 0 Å². The number of H-pyrrole nitrogens is 1. The Balaban J connectivity index is 2.11. The summed E-state index contributed by atoms with van der Waals surface area (Å²) < 4.78 is 12.2. The molecule has 0 spiro atoms. The first-order valence-electron chi connectivity index (χ1n) is 8.22. The first-order valence-corrected chi connectivity index (χ1v) is 7.95. The first kappa shape index (κ1) is 16.8. The molecule has 0 aliphatic carbocycles. The average Bonchev–Trinajstić information content (AvgIpc) is 3.06. The second-order valence-electron chi connectivity index (χ2n) is 5.95. The molecule has 2 heterocycles. The van der Waals surface area contributed by atoms with E-state index in [1.807, 2.05) is 0 Å². The Morgan fingerprint density at radius 1 is 1.48 bits per heavy atom. The van der Waals surface area contributed by atoms with Crippen LogP contribution in [0.25, 0.3) is 10.9 Å². The molecule has 1 fully saturated rings. The molecular formula is C16H19ClN2O6. The average molecular weight is 372 g/mol. The van der Waals surface area contributed by atoms with E-state index in [1.54, 1.807) is 30.3 Å². The molecule has 1 aliphatic rings. The number of rotatable bonds is 3. The summed E-state index contributed by atoms with van der Waals surface area (Å²) in [7, 11) is 0. The Labute approximate surface area is 149 Å². The summed E-state index contributed by atoms with van der Waals surface area (Å²) in [5.41, 5.74) is -3.24. The van der Waals surface area contributed by atoms with Crippen LogP contribution in [0.2, 0.25) is 0 Å². The van der Waals surface area contributed by atoms with Crippen LogP contribution in [0.15, 0.2) is 30.3 Å². The lowest BCUT2D eigenvalue weighted by atomic mass is 9.79. The number of benzene rings is 1. The van der Waals surface area contributed by atoms with Crippen molar-refractivity contribution in [2.24, 2.45) is 0 Å². The van der Waals surface area contributed by atoms with Crippen molar-refractivity contribution in [1.82, 2.24) is 10.3 Å². The van der Waals surface area contributed by atoms with Gasteiger partial charge in [0.05, 0.1) is 5.69 Å². The molecule has 136 valence electrons. The van der Waals surface area contributed by atoms with Gasteiger partial charge in [0.15, 0.2) is 17.5 Å². The number of fused-ring (bicyclic) bond motifs is 1. The lowest BCUT2D eigenvalue weighted by Gasteiger charge is -2.48. The number of ether oxygens (including phenoxy) is 1. The van der Waals surface area contributed by atoms with Crippen LogP contribution in [0.4, 0.5) is 0 Å². The summed E-state index contributed by atoms with van der Waals surface area (Å²) in [4.78, 5) is 14.6. The van der Waals surface area contributed by atoms with Crippen LogP contribution < -0.4 is 5.32 Å². The molecule has 1 aromatic carbocycles. The monoisotopic (exact) mass is 371 g/mol. The van der Waals surface area contributed by atoms with E-state index in [-0.39, 0.29) is 5.69 Å². The maximum atomic E-state index is 11.7. The molecule has 6 atom stereocenters. The van der Waals surface area contributed by atoms with E-state index in [2.05, 4.69) is 10.3 Å². The van der Waals surface area contributed by atoms with Crippen LogP contribution in [0.5, 0.6) is 0 Å². The third-order valence-corrected chi connectivity index (χ3v) is 4.62. The molecule has 6 N–H and O–H groups in total. The quantitative estimate of drug-likeness (QED) is 0.402. The van der Waals surface area contributed by atoms with Gasteiger partial charge in [-0.3, -0.25) is 4.79 Å². The minimum Gasteiger partial charge on any atom is -0.387 e. The zero-order valence-electron chi connectivity index (χ0n) is 14.0. The highest BCUT2D eigenvalue weighted by Gasteiger charge is 2.58. The maximum absolute atomic E-state index is 11.7. The highest BCUT2D eigenvalue weighted by Crippen LogP contribution is 2.39. The number of amides is 1. The molecule has 2 aromatic rings. The second-order valence-corrected chi connectivity index (χ2v) is 6.40. The topological polar surface area (TPSA) is 135 Å². The Morgan fingerprint density at radius 3 is 2.84 bits per heavy atom. The van der Waals surface area contributed by atoms with Crippen molar-refractivity contribution in [2.45, 2.75) is 42.6 Å². The Kier molecular flexibility index (Phi) is 4.40. The van der Waals surface area contributed by atoms with Crippen LogP contribution in [0.1, 0.15) is 14.0 Å². The van der Waals surface area contributed by atoms with Gasteiger partial charge in [-0.2, -0.15) is 0 Å². The minimum atomic E-state index is -2.26. The third-order valence-electron chi connectivity index (χ3n) is 4.37. The van der Waals surface area contributed by atoms with E-state index in [1.165, 1.54) is 0 Å². The molecule has 8 nitrogen and oxygen atoms in total. The smallest absolute Gasteiger partial charge is 0.217 e. The number of hydrogen-bond acceptors (Lipinski definition) is 6. The zero-order valence-corrected chi connectivity index (χ0v) is 13.7. The molecule has 3 rings (SSSR count). The van der Waals surface area contributed by atoms with Crippen LogP contribution in [-0.4, -0.2) is 61.4 Å². The van der Waals surface area contributed by atoms with Gasteiger partial charge < -0.3 is 35.5 Å². The molecule has 0 saturated carbocycles. The highest BCUT2D eigenvalue weighted by atomic mass is 35.5. The number of para-hydroxylation sites is 1. The minimum absolute atomic E-state index is 0.0890. The molecule has 0 bridgehead atoms. The van der Waals surface area contributed by atoms with Crippen molar-refractivity contribution in [3.8, 4) is 0 Å². The molecular weight excluding hydrogens is 352 g/mol. The zero-order chi connectivity index (χ0) is 19.1. The number of halogens is 1. The van der Waals surface area contributed by atoms with E-state index >= 15 is 0 Å². The highest BCUT2D eigenvalue weighted by molar-refractivity contribution is 6.19. The van der Waals surface area contributed by atoms with Gasteiger partial charge in [0, 0.05) is 13.8 Å². The Morgan fingerprint density at radius 2 is 2.20 bits per heavy atom. The summed E-state index contributed by atoms with van der Waals surface area (Å²) in [6.45, 7) is -0.649. The number of aliphatic hydroxyl groups excluding tert-OH is 3. The van der Waals surface area contributed by atoms with Gasteiger partial charge in [-0.15, -0.1) is 0 Å². The van der Waals surface area contributed by atoms with E-state index in [9.17, 15) is 25.2 Å². The number of alkyl halides is 1. The number of aromatic nitrogens is 1. The van der Waals surface area contributed by atoms with Gasteiger partial charge in [0.2, 0.25) is 5.91 Å². The molecule has 9 heteroatoms. The Hall–Kier alpha value is -1.68. The summed E-state index contributed by atoms with van der Waals surface area (Å²) in [5.74, 6) is -0.788. The van der Waals surface area contributed by atoms with Gasteiger partial charge >= 0.3 is 0 Å². The van der Waals surface area contributed by atoms with Crippen molar-refractivity contribution >= 4 is 28.4 Å². The van der Waals surface area contributed by atoms with E-state index < -0.39 is 48.5 Å². The van der Waals surface area contributed by atoms with Gasteiger partial charge in [0.1, 0.15) is 18.2 Å². The van der Waals surface area contributed by atoms with Gasteiger partial charge in [-0.1, -0.05) is 29.8 Å². The lowest BCUT2D eigenvalue weighted by Crippen LogP contribution is -2.70. The fraction of sp³-hybridized carbons (Fsp3) is 0.438. The standard InChI is InChI=1S/C16H19ClN2O6/c1-7(20)18-12-15(23)25-11(14(17)22)13(21)16(12,24)10-6-8-4-2-3-5-9(8)19-10/h2-6,11-15,19,21-24H,1H3,(H,18,20)/t11-,12-,13+,14?,15?,16+/m0/s1/i1D. The summed E-state index contributed by atoms with van der Waals surface area (Å²) in [6.07, 6.45) is -5.10. The Bertz CT molecular complexity index is 769. The predicted molar refractivity (Wildman–Crippen MR) is 88.5 cm³/mol. The fourth-order valence-electron chi connectivity index (χ4n) is 3.15. The van der Waals surface area contributed by atoms with Crippen LogP contribution in [0, 0.1) is 0 Å². The third kappa shape index (κ3) is 3.01. The van der Waals surface area contributed by atoms with E-state index in [0.717, 1.165) is 5.39 Å². The van der Waals surface area contributed by atoms with Crippen LogP contribution in [-0.2, 0) is 15.1 Å². The number of carbonyl (C=O) groups excluding carboxylic acids is 1. The molecule has 1 aliphatic heterocycles. The summed E-state index contributed by atoms with van der Waals surface area (Å²) in [5, 5.41) is 44.9. The number of aliphatic hydroxyl groups is 4. The largest absolute Gasteiger partial charge is 0.387 e. The van der Waals surface area contributed by atoms with Crippen LogP contribution >= 0.6 is 11.6 Å². The number of hydrogen-bond donors (Lipinski definition) is 6.